The summed E-state index contributed by atoms with van der Waals surface area (Å²) in [7, 11) is 0. The summed E-state index contributed by atoms with van der Waals surface area (Å²) in [4.78, 5) is 2.72. The molecule has 284 valence electrons. The van der Waals surface area contributed by atoms with Crippen molar-refractivity contribution in [1.82, 2.24) is 4.57 Å². The van der Waals surface area contributed by atoms with E-state index in [-0.39, 0.29) is 0 Å². The Hall–Kier alpha value is -7.52. The van der Waals surface area contributed by atoms with Crippen LogP contribution in [0.1, 0.15) is 21.6 Å². The minimum atomic E-state index is -0.481. The summed E-state index contributed by atoms with van der Waals surface area (Å²) < 4.78 is 2.48. The molecule has 0 amide bonds. The van der Waals surface area contributed by atoms with Crippen LogP contribution in [0.5, 0.6) is 0 Å². The van der Waals surface area contributed by atoms with E-state index in [1.54, 1.807) is 0 Å². The molecule has 13 rings (SSSR count). The van der Waals surface area contributed by atoms with Crippen LogP contribution < -0.4 is 0 Å². The Bertz CT molecular complexity index is 3470. The number of thiophene rings is 1. The molecule has 0 atom stereocenters. The van der Waals surface area contributed by atoms with E-state index in [2.05, 4.69) is 229 Å². The van der Waals surface area contributed by atoms with E-state index in [4.69, 9.17) is 0 Å². The van der Waals surface area contributed by atoms with Gasteiger partial charge in [-0.25, -0.2) is 0 Å². The van der Waals surface area contributed by atoms with Crippen molar-refractivity contribution in [3.63, 3.8) is 0 Å². The van der Waals surface area contributed by atoms with Crippen molar-refractivity contribution in [2.75, 3.05) is 0 Å². The van der Waals surface area contributed by atoms with Crippen LogP contribution in [0.4, 0.5) is 0 Å². The Balaban J connectivity index is 1.09. The first-order chi connectivity index (χ1) is 30.3. The normalized spacial score (nSPS) is 13.0. The lowest BCUT2D eigenvalue weighted by Gasteiger charge is -2.30. The smallest absolute Gasteiger partial charge is 0.0819 e. The first kappa shape index (κ1) is 34.4. The molecule has 2 aliphatic rings. The zero-order valence-corrected chi connectivity index (χ0v) is 34.0. The van der Waals surface area contributed by atoms with Crippen molar-refractivity contribution >= 4 is 33.1 Å². The number of rotatable bonds is 5. The van der Waals surface area contributed by atoms with Crippen molar-refractivity contribution in [2.45, 2.75) is 5.41 Å². The first-order valence-electron chi connectivity index (χ1n) is 21.1. The molecular formula is C59H37NS. The molecule has 2 heteroatoms. The van der Waals surface area contributed by atoms with Crippen LogP contribution in [-0.4, -0.2) is 4.57 Å². The topological polar surface area (TPSA) is 4.93 Å². The lowest BCUT2D eigenvalue weighted by Crippen LogP contribution is -2.25. The van der Waals surface area contributed by atoms with Gasteiger partial charge in [0.25, 0.3) is 0 Å². The van der Waals surface area contributed by atoms with Gasteiger partial charge in [0.2, 0.25) is 0 Å². The first-order valence-corrected chi connectivity index (χ1v) is 21.9. The summed E-state index contributed by atoms with van der Waals surface area (Å²) in [5, 5.41) is 2.51. The van der Waals surface area contributed by atoms with Crippen molar-refractivity contribution in [3.05, 3.63) is 246 Å². The van der Waals surface area contributed by atoms with E-state index in [0.717, 1.165) is 0 Å². The lowest BCUT2D eigenvalue weighted by molar-refractivity contribution is 0.812. The van der Waals surface area contributed by atoms with Gasteiger partial charge in [-0.3, -0.25) is 0 Å². The predicted octanol–water partition coefficient (Wildman–Crippen LogP) is 15.9. The van der Waals surface area contributed by atoms with Crippen LogP contribution in [0.15, 0.2) is 224 Å². The molecular weight excluding hydrogens is 755 g/mol. The van der Waals surface area contributed by atoms with Crippen LogP contribution in [0.25, 0.3) is 93.6 Å². The second kappa shape index (κ2) is 13.2. The minimum absolute atomic E-state index is 0.481. The van der Waals surface area contributed by atoms with Gasteiger partial charge in [-0.1, -0.05) is 194 Å². The highest BCUT2D eigenvalue weighted by Crippen LogP contribution is 2.68. The molecule has 11 aromatic rings. The van der Waals surface area contributed by atoms with E-state index in [1.807, 2.05) is 11.3 Å². The summed E-state index contributed by atoms with van der Waals surface area (Å²) in [5.74, 6) is 0. The van der Waals surface area contributed by atoms with E-state index < -0.39 is 5.41 Å². The third-order valence-electron chi connectivity index (χ3n) is 13.2. The second-order valence-corrected chi connectivity index (χ2v) is 17.3. The fourth-order valence-corrected chi connectivity index (χ4v) is 12.3. The Labute approximate surface area is 359 Å². The summed E-state index contributed by atoms with van der Waals surface area (Å²) >= 11 is 1.98. The Morgan fingerprint density at radius 1 is 0.328 bits per heavy atom. The monoisotopic (exact) mass is 791 g/mol. The number of nitrogens with zero attached hydrogens (tertiary/aromatic N) is 1. The average Bonchev–Trinajstić information content (AvgIpc) is 4.06. The quantitative estimate of drug-likeness (QED) is 0.164. The van der Waals surface area contributed by atoms with Crippen molar-refractivity contribution in [1.29, 1.82) is 0 Å². The molecule has 0 N–H and O–H groups in total. The molecule has 2 aliphatic carbocycles. The molecule has 61 heavy (non-hydrogen) atoms. The number of fused-ring (bicyclic) bond motifs is 13. The number of hydrogen-bond acceptors (Lipinski definition) is 1. The maximum absolute atomic E-state index is 2.54. The van der Waals surface area contributed by atoms with Crippen LogP contribution in [0.2, 0.25) is 0 Å². The lowest BCUT2D eigenvalue weighted by atomic mass is 9.73. The van der Waals surface area contributed by atoms with Crippen LogP contribution in [0.3, 0.4) is 0 Å². The van der Waals surface area contributed by atoms with Crippen molar-refractivity contribution in [3.8, 4) is 71.8 Å². The Kier molecular flexibility index (Phi) is 7.46. The van der Waals surface area contributed by atoms with Gasteiger partial charge in [0.05, 0.1) is 22.1 Å². The van der Waals surface area contributed by atoms with E-state index in [9.17, 15) is 0 Å². The van der Waals surface area contributed by atoms with Gasteiger partial charge in [0, 0.05) is 37.2 Å². The molecule has 0 bridgehead atoms. The highest BCUT2D eigenvalue weighted by molar-refractivity contribution is 7.17. The van der Waals surface area contributed by atoms with E-state index in [0.29, 0.717) is 0 Å². The molecule has 1 spiro atoms. The van der Waals surface area contributed by atoms with Gasteiger partial charge >= 0.3 is 0 Å². The van der Waals surface area contributed by atoms with Gasteiger partial charge < -0.3 is 4.57 Å². The van der Waals surface area contributed by atoms with Crippen LogP contribution in [-0.2, 0) is 5.41 Å². The van der Waals surface area contributed by atoms with Crippen LogP contribution >= 0.6 is 11.3 Å². The van der Waals surface area contributed by atoms with Gasteiger partial charge in [-0.05, 0) is 91.5 Å². The fraction of sp³-hybridized carbons (Fsp3) is 0.0169. The predicted molar refractivity (Wildman–Crippen MR) is 257 cm³/mol. The van der Waals surface area contributed by atoms with E-state index in [1.165, 1.54) is 115 Å². The highest BCUT2D eigenvalue weighted by atomic mass is 32.1. The molecule has 9 aromatic carbocycles. The fourth-order valence-electron chi connectivity index (χ4n) is 10.7. The zero-order chi connectivity index (χ0) is 40.1. The standard InChI is InChI=1S/C59H37NS/c1-4-18-38(19-5-1)41-33-35-54-48(36-41)46-27-13-17-31-53(46)60(54)52-30-16-12-24-43(52)42-32-34-47-51(37-42)59(49-28-14-10-25-44(49)45-26-11-15-29-50(45)59)58-56(47)55(39-20-6-2-7-21-39)57(61-58)40-22-8-3-9-23-40/h1-37H. The number of aromatic nitrogens is 1. The molecule has 0 saturated heterocycles. The molecule has 2 aromatic heterocycles. The van der Waals surface area contributed by atoms with Gasteiger partial charge in [-0.2, -0.15) is 0 Å². The zero-order valence-electron chi connectivity index (χ0n) is 33.2. The Morgan fingerprint density at radius 2 is 0.885 bits per heavy atom. The maximum atomic E-state index is 2.54. The number of hydrogen-bond donors (Lipinski definition) is 0. The third-order valence-corrected chi connectivity index (χ3v) is 14.6. The van der Waals surface area contributed by atoms with Gasteiger partial charge in [-0.15, -0.1) is 11.3 Å². The van der Waals surface area contributed by atoms with Crippen molar-refractivity contribution < 1.29 is 0 Å². The van der Waals surface area contributed by atoms with Gasteiger partial charge in [0.1, 0.15) is 0 Å². The summed E-state index contributed by atoms with van der Waals surface area (Å²) in [5.41, 5.74) is 21.2. The second-order valence-electron chi connectivity index (χ2n) is 16.3. The third kappa shape index (κ3) is 4.83. The van der Waals surface area contributed by atoms with Gasteiger partial charge in [0.15, 0.2) is 0 Å². The maximum Gasteiger partial charge on any atom is 0.0819 e. The summed E-state index contributed by atoms with van der Waals surface area (Å²) in [6.07, 6.45) is 0. The molecule has 0 fully saturated rings. The SMILES string of the molecule is c1ccc(-c2ccc3c(c2)c2ccccc2n3-c2ccccc2-c2ccc3c(c2)C2(c4ccccc4-c4ccccc42)c2sc(-c4ccccc4)c(-c4ccccc4)c2-3)cc1. The highest BCUT2D eigenvalue weighted by Gasteiger charge is 2.54. The molecule has 0 saturated carbocycles. The Morgan fingerprint density at radius 3 is 1.61 bits per heavy atom. The number of benzene rings is 9. The molecule has 2 heterocycles. The van der Waals surface area contributed by atoms with Crippen molar-refractivity contribution in [2.24, 2.45) is 0 Å². The minimum Gasteiger partial charge on any atom is -0.309 e. The van der Waals surface area contributed by atoms with E-state index >= 15 is 0 Å². The largest absolute Gasteiger partial charge is 0.309 e. The molecule has 0 unspecified atom stereocenters. The molecule has 1 nitrogen and oxygen atoms in total. The summed E-state index contributed by atoms with van der Waals surface area (Å²) in [6.45, 7) is 0. The summed E-state index contributed by atoms with van der Waals surface area (Å²) in [6, 6.07) is 83.2. The average molecular weight is 792 g/mol. The number of para-hydroxylation sites is 2. The molecule has 0 aliphatic heterocycles. The van der Waals surface area contributed by atoms with Crippen LogP contribution in [0, 0.1) is 0 Å². The molecule has 0 radical (unpaired) electrons.